The lowest BCUT2D eigenvalue weighted by Crippen LogP contribution is -1.73. The van der Waals surface area contributed by atoms with E-state index in [1.54, 1.807) is 0 Å². The molecule has 100 valence electrons. The number of benzene rings is 2. The number of aromatic hydroxyl groups is 1. The number of hydrogen-bond acceptors (Lipinski definition) is 3. The highest BCUT2D eigenvalue weighted by molar-refractivity contribution is 6.31. The number of fused-ring (bicyclic) bond motifs is 1. The third-order valence-electron chi connectivity index (χ3n) is 2.83. The highest BCUT2D eigenvalue weighted by atomic mass is 35.5. The predicted molar refractivity (Wildman–Crippen MR) is 75.5 cm³/mol. The molecule has 0 radical (unpaired) electrons. The second kappa shape index (κ2) is 4.94. The normalized spacial score (nSPS) is 11.5. The zero-order valence-corrected chi connectivity index (χ0v) is 10.9. The number of para-hydroxylation sites is 1. The number of aromatic nitrogens is 1. The van der Waals surface area contributed by atoms with Crippen molar-refractivity contribution in [3.63, 3.8) is 0 Å². The summed E-state index contributed by atoms with van der Waals surface area (Å²) >= 11 is 5.67. The summed E-state index contributed by atoms with van der Waals surface area (Å²) in [6.45, 7) is 0. The van der Waals surface area contributed by atoms with E-state index in [0.29, 0.717) is 11.4 Å². The van der Waals surface area contributed by atoms with Crippen LogP contribution in [0.4, 0.5) is 15.8 Å². The van der Waals surface area contributed by atoms with Crippen molar-refractivity contribution in [2.75, 3.05) is 0 Å². The van der Waals surface area contributed by atoms with Crippen LogP contribution in [0, 0.1) is 5.82 Å². The standard InChI is InChI=1S/C14H9ClFN3O/c15-10-7-8(5-6-11(10)16)18-19-13-9-3-1-2-4-12(9)17-14(13)20/h1-7,17,20H. The van der Waals surface area contributed by atoms with Gasteiger partial charge in [-0.1, -0.05) is 29.8 Å². The van der Waals surface area contributed by atoms with E-state index in [0.717, 1.165) is 10.9 Å². The third-order valence-corrected chi connectivity index (χ3v) is 3.12. The fraction of sp³-hybridized carbons (Fsp3) is 0. The molecule has 0 saturated heterocycles. The molecule has 0 atom stereocenters. The van der Waals surface area contributed by atoms with Crippen molar-refractivity contribution in [1.82, 2.24) is 4.98 Å². The Hall–Kier alpha value is -2.40. The number of H-pyrrole nitrogens is 1. The molecule has 1 heterocycles. The van der Waals surface area contributed by atoms with Crippen LogP contribution in [0.2, 0.25) is 5.02 Å². The average molecular weight is 290 g/mol. The van der Waals surface area contributed by atoms with Gasteiger partial charge in [-0.05, 0) is 24.3 Å². The van der Waals surface area contributed by atoms with Crippen LogP contribution in [0.15, 0.2) is 52.7 Å². The van der Waals surface area contributed by atoms with Gasteiger partial charge in [0, 0.05) is 5.39 Å². The summed E-state index contributed by atoms with van der Waals surface area (Å²) in [4.78, 5) is 2.80. The molecule has 0 saturated carbocycles. The molecule has 20 heavy (non-hydrogen) atoms. The first-order valence-electron chi connectivity index (χ1n) is 5.81. The summed E-state index contributed by atoms with van der Waals surface area (Å²) in [6, 6.07) is 11.4. The Morgan fingerprint density at radius 1 is 1.10 bits per heavy atom. The van der Waals surface area contributed by atoms with Crippen molar-refractivity contribution in [3.05, 3.63) is 53.3 Å². The second-order valence-corrected chi connectivity index (χ2v) is 4.57. The van der Waals surface area contributed by atoms with Crippen molar-refractivity contribution in [3.8, 4) is 5.88 Å². The van der Waals surface area contributed by atoms with Crippen molar-refractivity contribution >= 4 is 33.9 Å². The van der Waals surface area contributed by atoms with Crippen LogP contribution in [0.5, 0.6) is 5.88 Å². The number of hydrogen-bond donors (Lipinski definition) is 2. The monoisotopic (exact) mass is 289 g/mol. The SMILES string of the molecule is Oc1[nH]c2ccccc2c1N=Nc1ccc(F)c(Cl)c1. The molecule has 0 amide bonds. The van der Waals surface area contributed by atoms with Crippen LogP contribution in [0.3, 0.4) is 0 Å². The van der Waals surface area contributed by atoms with E-state index in [9.17, 15) is 9.50 Å². The van der Waals surface area contributed by atoms with Gasteiger partial charge in [0.25, 0.3) is 0 Å². The lowest BCUT2D eigenvalue weighted by Gasteiger charge is -1.95. The largest absolute Gasteiger partial charge is 0.493 e. The molecule has 6 heteroatoms. The summed E-state index contributed by atoms with van der Waals surface area (Å²) in [7, 11) is 0. The Morgan fingerprint density at radius 2 is 1.90 bits per heavy atom. The van der Waals surface area contributed by atoms with Gasteiger partial charge in [-0.25, -0.2) is 4.39 Å². The zero-order valence-electron chi connectivity index (χ0n) is 10.1. The van der Waals surface area contributed by atoms with Gasteiger partial charge in [0.1, 0.15) is 5.82 Å². The molecule has 0 aliphatic rings. The summed E-state index contributed by atoms with van der Waals surface area (Å²) < 4.78 is 13.0. The van der Waals surface area contributed by atoms with Gasteiger partial charge in [-0.15, -0.1) is 5.11 Å². The van der Waals surface area contributed by atoms with E-state index >= 15 is 0 Å². The molecular formula is C14H9ClFN3O. The fourth-order valence-electron chi connectivity index (χ4n) is 1.87. The van der Waals surface area contributed by atoms with Crippen molar-refractivity contribution in [2.45, 2.75) is 0 Å². The maximum atomic E-state index is 13.0. The summed E-state index contributed by atoms with van der Waals surface area (Å²) in [5, 5.41) is 18.5. The summed E-state index contributed by atoms with van der Waals surface area (Å²) in [5.74, 6) is -0.580. The van der Waals surface area contributed by atoms with E-state index in [1.165, 1.54) is 18.2 Å². The van der Waals surface area contributed by atoms with Gasteiger partial charge < -0.3 is 10.1 Å². The fourth-order valence-corrected chi connectivity index (χ4v) is 2.04. The first kappa shape index (κ1) is 12.6. The zero-order chi connectivity index (χ0) is 14.1. The Labute approximate surface area is 118 Å². The Kier molecular flexibility index (Phi) is 3.12. The van der Waals surface area contributed by atoms with Crippen LogP contribution in [-0.4, -0.2) is 10.1 Å². The molecule has 1 aromatic heterocycles. The molecule has 0 unspecified atom stereocenters. The Bertz CT molecular complexity index is 813. The van der Waals surface area contributed by atoms with Crippen LogP contribution in [0.1, 0.15) is 0 Å². The molecule has 3 aromatic rings. The Morgan fingerprint density at radius 3 is 2.70 bits per heavy atom. The van der Waals surface area contributed by atoms with E-state index in [-0.39, 0.29) is 10.9 Å². The van der Waals surface area contributed by atoms with Gasteiger partial charge in [-0.2, -0.15) is 5.11 Å². The molecule has 2 aromatic carbocycles. The minimum Gasteiger partial charge on any atom is -0.493 e. The highest BCUT2D eigenvalue weighted by Gasteiger charge is 2.09. The number of aromatic amines is 1. The van der Waals surface area contributed by atoms with E-state index < -0.39 is 5.82 Å². The maximum absolute atomic E-state index is 13.0. The molecule has 2 N–H and O–H groups in total. The second-order valence-electron chi connectivity index (χ2n) is 4.17. The van der Waals surface area contributed by atoms with Crippen LogP contribution < -0.4 is 0 Å². The first-order chi connectivity index (χ1) is 9.65. The lowest BCUT2D eigenvalue weighted by molar-refractivity contribution is 0.459. The van der Waals surface area contributed by atoms with Crippen LogP contribution in [0.25, 0.3) is 10.9 Å². The minimum atomic E-state index is -0.513. The van der Waals surface area contributed by atoms with Gasteiger partial charge in [0.2, 0.25) is 5.88 Å². The number of nitrogens with one attached hydrogen (secondary N) is 1. The van der Waals surface area contributed by atoms with E-state index in [2.05, 4.69) is 15.2 Å². The van der Waals surface area contributed by atoms with Crippen LogP contribution in [-0.2, 0) is 0 Å². The molecule has 4 nitrogen and oxygen atoms in total. The van der Waals surface area contributed by atoms with Gasteiger partial charge in [-0.3, -0.25) is 0 Å². The molecule has 3 rings (SSSR count). The highest BCUT2D eigenvalue weighted by Crippen LogP contribution is 2.36. The molecule has 0 bridgehead atoms. The number of azo groups is 1. The van der Waals surface area contributed by atoms with Gasteiger partial charge >= 0.3 is 0 Å². The molecule has 0 spiro atoms. The first-order valence-corrected chi connectivity index (χ1v) is 6.19. The van der Waals surface area contributed by atoms with Crippen molar-refractivity contribution < 1.29 is 9.50 Å². The van der Waals surface area contributed by atoms with Crippen LogP contribution >= 0.6 is 11.6 Å². The van der Waals surface area contributed by atoms with E-state index in [1.807, 2.05) is 24.3 Å². The Balaban J connectivity index is 2.02. The quantitative estimate of drug-likeness (QED) is 0.635. The number of nitrogens with zero attached hydrogens (tertiary/aromatic N) is 2. The molecule has 0 aliphatic heterocycles. The average Bonchev–Trinajstić information content (AvgIpc) is 2.76. The number of halogens is 2. The maximum Gasteiger partial charge on any atom is 0.218 e. The van der Waals surface area contributed by atoms with Crippen molar-refractivity contribution in [1.29, 1.82) is 0 Å². The summed E-state index contributed by atoms with van der Waals surface area (Å²) in [5.41, 5.74) is 1.50. The third kappa shape index (κ3) is 2.23. The predicted octanol–water partition coefficient (Wildman–Crippen LogP) is 5.08. The summed E-state index contributed by atoms with van der Waals surface area (Å²) in [6.07, 6.45) is 0. The minimum absolute atomic E-state index is 0.0235. The topological polar surface area (TPSA) is 60.7 Å². The smallest absolute Gasteiger partial charge is 0.218 e. The molecule has 0 fully saturated rings. The number of rotatable bonds is 2. The molecule has 0 aliphatic carbocycles. The lowest BCUT2D eigenvalue weighted by atomic mass is 10.2. The van der Waals surface area contributed by atoms with E-state index in [4.69, 9.17) is 11.6 Å². The van der Waals surface area contributed by atoms with Crippen molar-refractivity contribution in [2.24, 2.45) is 10.2 Å². The molecular weight excluding hydrogens is 281 g/mol. The van der Waals surface area contributed by atoms with Gasteiger partial charge in [0.15, 0.2) is 5.69 Å². The van der Waals surface area contributed by atoms with Gasteiger partial charge in [0.05, 0.1) is 16.2 Å².